The van der Waals surface area contributed by atoms with E-state index >= 15 is 0 Å². The van der Waals surface area contributed by atoms with E-state index in [4.69, 9.17) is 4.42 Å². The molecule has 3 rings (SSSR count). The second kappa shape index (κ2) is 9.27. The standard InChI is InChI=1S/C21H21N3O5S/c1-30(27,28)24-17-11-9-16(10-12-17)22-20(25)18(14-15-6-3-2-4-7-15)23-21(26)19-8-5-13-29-19/h2-13,18,24H,14H2,1H3,(H,22,25)(H,23,26)/t18-/m0/s1. The number of hydrogen-bond acceptors (Lipinski definition) is 5. The van der Waals surface area contributed by atoms with Crippen LogP contribution in [0.1, 0.15) is 16.1 Å². The molecule has 0 aliphatic heterocycles. The third kappa shape index (κ3) is 6.21. The van der Waals surface area contributed by atoms with Gasteiger partial charge in [-0.15, -0.1) is 0 Å². The zero-order chi connectivity index (χ0) is 21.6. The Balaban J connectivity index is 1.73. The molecule has 156 valence electrons. The van der Waals surface area contributed by atoms with Gasteiger partial charge in [-0.2, -0.15) is 0 Å². The average Bonchev–Trinajstić information content (AvgIpc) is 3.23. The van der Waals surface area contributed by atoms with Gasteiger partial charge >= 0.3 is 0 Å². The van der Waals surface area contributed by atoms with Crippen molar-refractivity contribution in [2.75, 3.05) is 16.3 Å². The molecule has 0 saturated carbocycles. The van der Waals surface area contributed by atoms with Crippen molar-refractivity contribution in [1.82, 2.24) is 5.32 Å². The fourth-order valence-corrected chi connectivity index (χ4v) is 3.33. The molecule has 2 amide bonds. The third-order valence-corrected chi connectivity index (χ3v) is 4.71. The van der Waals surface area contributed by atoms with Gasteiger partial charge in [0.1, 0.15) is 6.04 Å². The second-order valence-electron chi connectivity index (χ2n) is 6.63. The molecule has 8 nitrogen and oxygen atoms in total. The van der Waals surface area contributed by atoms with Crippen LogP contribution >= 0.6 is 0 Å². The van der Waals surface area contributed by atoms with E-state index in [1.165, 1.54) is 24.5 Å². The highest BCUT2D eigenvalue weighted by Crippen LogP contribution is 2.15. The lowest BCUT2D eigenvalue weighted by Gasteiger charge is -2.18. The molecule has 3 aromatic rings. The highest BCUT2D eigenvalue weighted by molar-refractivity contribution is 7.92. The van der Waals surface area contributed by atoms with Crippen molar-refractivity contribution in [2.24, 2.45) is 0 Å². The summed E-state index contributed by atoms with van der Waals surface area (Å²) < 4.78 is 30.0. The van der Waals surface area contributed by atoms with Crippen molar-refractivity contribution in [3.8, 4) is 0 Å². The van der Waals surface area contributed by atoms with E-state index < -0.39 is 27.9 Å². The van der Waals surface area contributed by atoms with Gasteiger partial charge in [-0.1, -0.05) is 30.3 Å². The first-order valence-electron chi connectivity index (χ1n) is 9.07. The molecule has 0 spiro atoms. The molecule has 0 unspecified atom stereocenters. The number of anilines is 2. The number of hydrogen-bond donors (Lipinski definition) is 3. The van der Waals surface area contributed by atoms with E-state index in [0.29, 0.717) is 11.4 Å². The number of furan rings is 1. The van der Waals surface area contributed by atoms with Gasteiger partial charge in [-0.05, 0) is 42.0 Å². The lowest BCUT2D eigenvalue weighted by Crippen LogP contribution is -2.45. The van der Waals surface area contributed by atoms with Gasteiger partial charge < -0.3 is 15.1 Å². The summed E-state index contributed by atoms with van der Waals surface area (Å²) in [6, 6.07) is 17.8. The number of benzene rings is 2. The van der Waals surface area contributed by atoms with Crippen LogP contribution < -0.4 is 15.4 Å². The van der Waals surface area contributed by atoms with E-state index in [9.17, 15) is 18.0 Å². The molecule has 0 bridgehead atoms. The van der Waals surface area contributed by atoms with Crippen LogP contribution in [-0.2, 0) is 21.2 Å². The zero-order valence-corrected chi connectivity index (χ0v) is 17.0. The predicted octanol–water partition coefficient (Wildman–Crippen LogP) is 2.63. The lowest BCUT2D eigenvalue weighted by molar-refractivity contribution is -0.118. The molecule has 3 N–H and O–H groups in total. The SMILES string of the molecule is CS(=O)(=O)Nc1ccc(NC(=O)[C@H](Cc2ccccc2)NC(=O)c2ccco2)cc1. The van der Waals surface area contributed by atoms with Crippen LogP contribution in [0, 0.1) is 0 Å². The first-order chi connectivity index (χ1) is 14.3. The number of carbonyl (C=O) groups is 2. The van der Waals surface area contributed by atoms with Gasteiger partial charge in [-0.3, -0.25) is 14.3 Å². The van der Waals surface area contributed by atoms with Gasteiger partial charge in [0.05, 0.1) is 12.5 Å². The van der Waals surface area contributed by atoms with Crippen LogP contribution in [0.5, 0.6) is 0 Å². The molecular formula is C21H21N3O5S. The molecular weight excluding hydrogens is 406 g/mol. The maximum Gasteiger partial charge on any atom is 0.287 e. The Kier molecular flexibility index (Phi) is 6.53. The Morgan fingerprint density at radius 2 is 1.60 bits per heavy atom. The number of rotatable bonds is 8. The smallest absolute Gasteiger partial charge is 0.287 e. The zero-order valence-electron chi connectivity index (χ0n) is 16.2. The number of amides is 2. The van der Waals surface area contributed by atoms with Crippen LogP contribution in [0.15, 0.2) is 77.4 Å². The van der Waals surface area contributed by atoms with Crippen molar-refractivity contribution in [3.63, 3.8) is 0 Å². The molecule has 0 saturated heterocycles. The van der Waals surface area contributed by atoms with Crippen LogP contribution in [0.4, 0.5) is 11.4 Å². The molecule has 9 heteroatoms. The van der Waals surface area contributed by atoms with E-state index in [-0.39, 0.29) is 12.2 Å². The van der Waals surface area contributed by atoms with Gasteiger partial charge in [0.15, 0.2) is 5.76 Å². The van der Waals surface area contributed by atoms with E-state index in [2.05, 4.69) is 15.4 Å². The molecule has 1 heterocycles. The van der Waals surface area contributed by atoms with Crippen molar-refractivity contribution < 1.29 is 22.4 Å². The van der Waals surface area contributed by atoms with Gasteiger partial charge in [-0.25, -0.2) is 8.42 Å². The van der Waals surface area contributed by atoms with Crippen molar-refractivity contribution in [3.05, 3.63) is 84.3 Å². The molecule has 0 aliphatic rings. The van der Waals surface area contributed by atoms with Gasteiger partial charge in [0.25, 0.3) is 5.91 Å². The second-order valence-corrected chi connectivity index (χ2v) is 8.38. The van der Waals surface area contributed by atoms with Gasteiger partial charge in [0.2, 0.25) is 15.9 Å². The van der Waals surface area contributed by atoms with Crippen LogP contribution in [0.25, 0.3) is 0 Å². The van der Waals surface area contributed by atoms with Crippen molar-refractivity contribution in [1.29, 1.82) is 0 Å². The Morgan fingerprint density at radius 3 is 2.20 bits per heavy atom. The molecule has 2 aromatic carbocycles. The molecule has 1 aromatic heterocycles. The average molecular weight is 427 g/mol. The molecule has 0 aliphatic carbocycles. The van der Waals surface area contributed by atoms with Crippen LogP contribution in [0.3, 0.4) is 0 Å². The minimum Gasteiger partial charge on any atom is -0.459 e. The predicted molar refractivity (Wildman–Crippen MR) is 114 cm³/mol. The van der Waals surface area contributed by atoms with Gasteiger partial charge in [0, 0.05) is 17.8 Å². The summed E-state index contributed by atoms with van der Waals surface area (Å²) >= 11 is 0. The summed E-state index contributed by atoms with van der Waals surface area (Å²) in [5, 5.41) is 5.44. The third-order valence-electron chi connectivity index (χ3n) is 4.11. The lowest BCUT2D eigenvalue weighted by atomic mass is 10.0. The topological polar surface area (TPSA) is 118 Å². The molecule has 0 radical (unpaired) electrons. The van der Waals surface area contributed by atoms with Crippen LogP contribution in [0.2, 0.25) is 0 Å². The number of sulfonamides is 1. The summed E-state index contributed by atoms with van der Waals surface area (Å²) in [5.41, 5.74) is 1.72. The highest BCUT2D eigenvalue weighted by Gasteiger charge is 2.23. The summed E-state index contributed by atoms with van der Waals surface area (Å²) in [5.74, 6) is -0.802. The first-order valence-corrected chi connectivity index (χ1v) is 11.0. The minimum atomic E-state index is -3.39. The Bertz CT molecular complexity index is 1100. The minimum absolute atomic E-state index is 0.108. The number of carbonyl (C=O) groups excluding carboxylic acids is 2. The van der Waals surface area contributed by atoms with Crippen molar-refractivity contribution >= 4 is 33.2 Å². The Labute approximate surface area is 174 Å². The Hall–Kier alpha value is -3.59. The normalized spacial score (nSPS) is 12.0. The monoisotopic (exact) mass is 427 g/mol. The summed E-state index contributed by atoms with van der Waals surface area (Å²) in [6.45, 7) is 0. The van der Waals surface area contributed by atoms with Crippen LogP contribution in [-0.4, -0.2) is 32.5 Å². The quantitative estimate of drug-likeness (QED) is 0.511. The van der Waals surface area contributed by atoms with Crippen molar-refractivity contribution in [2.45, 2.75) is 12.5 Å². The molecule has 0 fully saturated rings. The highest BCUT2D eigenvalue weighted by atomic mass is 32.2. The summed E-state index contributed by atoms with van der Waals surface area (Å²) in [4.78, 5) is 25.3. The maximum absolute atomic E-state index is 12.9. The maximum atomic E-state index is 12.9. The summed E-state index contributed by atoms with van der Waals surface area (Å²) in [7, 11) is -3.39. The van der Waals surface area contributed by atoms with E-state index in [1.54, 1.807) is 18.2 Å². The fourth-order valence-electron chi connectivity index (χ4n) is 2.76. The van der Waals surface area contributed by atoms with E-state index in [1.807, 2.05) is 30.3 Å². The largest absolute Gasteiger partial charge is 0.459 e. The fraction of sp³-hybridized carbons (Fsp3) is 0.143. The Morgan fingerprint density at radius 1 is 0.933 bits per heavy atom. The van der Waals surface area contributed by atoms with E-state index in [0.717, 1.165) is 11.8 Å². The molecule has 30 heavy (non-hydrogen) atoms. The number of nitrogens with one attached hydrogen (secondary N) is 3. The first kappa shape index (κ1) is 21.1. The summed E-state index contributed by atoms with van der Waals surface area (Å²) in [6.07, 6.45) is 2.72. The molecule has 1 atom stereocenters.